The molecule has 8 nitrogen and oxygen atoms in total. The number of aliphatic hydroxyl groups is 5. The number of ether oxygens (including phenoxy) is 2. The maximum Gasteiger partial charge on any atom is 0.357 e. The first-order valence-corrected chi connectivity index (χ1v) is 7.18. The molecule has 1 saturated heterocycles. The van der Waals surface area contributed by atoms with Crippen molar-refractivity contribution in [3.05, 3.63) is 35.9 Å². The molecule has 1 heterocycles. The molecule has 1 aliphatic rings. The van der Waals surface area contributed by atoms with Crippen LogP contribution in [0.25, 0.3) is 0 Å². The molecule has 1 aromatic carbocycles. The number of benzene rings is 1. The van der Waals surface area contributed by atoms with Crippen molar-refractivity contribution in [3.8, 4) is 0 Å². The minimum atomic E-state index is -2.83. The molecule has 1 aliphatic heterocycles. The van der Waals surface area contributed by atoms with Crippen molar-refractivity contribution in [2.75, 3.05) is 6.61 Å². The van der Waals surface area contributed by atoms with Gasteiger partial charge in [0.1, 0.15) is 18.3 Å². The van der Waals surface area contributed by atoms with Gasteiger partial charge in [0.2, 0.25) is 0 Å². The molecule has 2 rings (SSSR count). The number of carbonyl (C=O) groups is 1. The van der Waals surface area contributed by atoms with Crippen molar-refractivity contribution in [1.82, 2.24) is 0 Å². The lowest BCUT2D eigenvalue weighted by Gasteiger charge is -2.43. The summed E-state index contributed by atoms with van der Waals surface area (Å²) in [6.07, 6.45) is -6.68. The van der Waals surface area contributed by atoms with Crippen LogP contribution in [0.15, 0.2) is 30.3 Å². The van der Waals surface area contributed by atoms with Crippen LogP contribution in [0.2, 0.25) is 0 Å². The number of aryl methyl sites for hydroxylation is 1. The first kappa shape index (κ1) is 17.8. The zero-order valence-corrected chi connectivity index (χ0v) is 12.3. The molecule has 23 heavy (non-hydrogen) atoms. The maximum atomic E-state index is 11.8. The molecule has 8 heteroatoms. The lowest BCUT2D eigenvalue weighted by molar-refractivity contribution is -0.434. The summed E-state index contributed by atoms with van der Waals surface area (Å²) in [6, 6.07) is 9.09. The Morgan fingerprint density at radius 1 is 1.17 bits per heavy atom. The molecule has 0 radical (unpaired) electrons. The highest BCUT2D eigenvalue weighted by atomic mass is 16.8. The Bertz CT molecular complexity index is 519. The topological polar surface area (TPSA) is 137 Å². The highest BCUT2D eigenvalue weighted by Gasteiger charge is 2.55. The first-order valence-electron chi connectivity index (χ1n) is 7.18. The molecule has 0 aromatic heterocycles. The van der Waals surface area contributed by atoms with E-state index in [1.165, 1.54) is 0 Å². The summed E-state index contributed by atoms with van der Waals surface area (Å²) in [5.74, 6) is -3.70. The summed E-state index contributed by atoms with van der Waals surface area (Å²) in [4.78, 5) is 11.8. The van der Waals surface area contributed by atoms with Gasteiger partial charge in [0.25, 0.3) is 0 Å². The Morgan fingerprint density at radius 2 is 1.83 bits per heavy atom. The monoisotopic (exact) mass is 328 g/mol. The summed E-state index contributed by atoms with van der Waals surface area (Å²) in [5, 5.41) is 48.2. The van der Waals surface area contributed by atoms with Gasteiger partial charge in [-0.25, -0.2) is 0 Å². The third kappa shape index (κ3) is 4.05. The second kappa shape index (κ2) is 7.35. The van der Waals surface area contributed by atoms with Crippen molar-refractivity contribution in [2.45, 2.75) is 43.2 Å². The van der Waals surface area contributed by atoms with E-state index < -0.39 is 43.0 Å². The highest BCUT2D eigenvalue weighted by molar-refractivity contribution is 5.70. The van der Waals surface area contributed by atoms with Gasteiger partial charge >= 0.3 is 11.9 Å². The molecule has 5 N–H and O–H groups in total. The third-order valence-electron chi connectivity index (χ3n) is 3.65. The van der Waals surface area contributed by atoms with Crippen LogP contribution in [-0.2, 0) is 20.7 Å². The molecule has 0 spiro atoms. The SMILES string of the molecule is O=C(CCc1ccccc1)OC1(O)O[C@H](CO)[C@@H](O)[C@H](O)[C@H]1O. The Hall–Kier alpha value is -1.55. The third-order valence-corrected chi connectivity index (χ3v) is 3.65. The molecule has 5 atom stereocenters. The zero-order valence-electron chi connectivity index (χ0n) is 12.3. The lowest BCUT2D eigenvalue weighted by atomic mass is 9.98. The van der Waals surface area contributed by atoms with Gasteiger partial charge in [0, 0.05) is 6.42 Å². The van der Waals surface area contributed by atoms with Crippen molar-refractivity contribution in [2.24, 2.45) is 0 Å². The summed E-state index contributed by atoms with van der Waals surface area (Å²) in [5.41, 5.74) is 0.880. The van der Waals surface area contributed by atoms with Gasteiger partial charge in [-0.2, -0.15) is 0 Å². The van der Waals surface area contributed by atoms with E-state index in [0.29, 0.717) is 6.42 Å². The summed E-state index contributed by atoms with van der Waals surface area (Å²) in [7, 11) is 0. The van der Waals surface area contributed by atoms with Gasteiger partial charge in [0.15, 0.2) is 6.10 Å². The minimum Gasteiger partial charge on any atom is -0.406 e. The standard InChI is InChI=1S/C15H20O8/c16-8-10-12(18)13(19)14(20)15(21,22-10)23-11(17)7-6-9-4-2-1-3-5-9/h1-5,10,12-14,16,18-21H,6-8H2/t10-,12-,13+,14-,15?/m1/s1. The number of hydrogen-bond acceptors (Lipinski definition) is 8. The first-order chi connectivity index (χ1) is 10.9. The van der Waals surface area contributed by atoms with Crippen molar-refractivity contribution in [1.29, 1.82) is 0 Å². The van der Waals surface area contributed by atoms with Crippen molar-refractivity contribution < 1.29 is 39.8 Å². The quantitative estimate of drug-likeness (QED) is 0.318. The summed E-state index contributed by atoms with van der Waals surface area (Å²) in [6.45, 7) is -0.741. The normalized spacial score (nSPS) is 34.1. The number of aliphatic hydroxyl groups excluding tert-OH is 4. The van der Waals surface area contributed by atoms with E-state index in [0.717, 1.165) is 5.56 Å². The van der Waals surface area contributed by atoms with E-state index in [4.69, 9.17) is 14.6 Å². The van der Waals surface area contributed by atoms with E-state index in [2.05, 4.69) is 0 Å². The van der Waals surface area contributed by atoms with Gasteiger partial charge in [-0.05, 0) is 12.0 Å². The van der Waals surface area contributed by atoms with Crippen molar-refractivity contribution in [3.63, 3.8) is 0 Å². The zero-order chi connectivity index (χ0) is 17.0. The van der Waals surface area contributed by atoms with Gasteiger partial charge in [0.05, 0.1) is 6.61 Å². The highest BCUT2D eigenvalue weighted by Crippen LogP contribution is 2.29. The number of hydrogen-bond donors (Lipinski definition) is 5. The van der Waals surface area contributed by atoms with Gasteiger partial charge in [-0.15, -0.1) is 0 Å². The average molecular weight is 328 g/mol. The predicted molar refractivity (Wildman–Crippen MR) is 75.8 cm³/mol. The molecular weight excluding hydrogens is 308 g/mol. The largest absolute Gasteiger partial charge is 0.406 e. The number of rotatable bonds is 5. The fourth-order valence-corrected chi connectivity index (χ4v) is 2.31. The fourth-order valence-electron chi connectivity index (χ4n) is 2.31. The summed E-state index contributed by atoms with van der Waals surface area (Å²) >= 11 is 0. The molecule has 128 valence electrons. The molecule has 1 aromatic rings. The second-order valence-electron chi connectivity index (χ2n) is 5.36. The number of carbonyl (C=O) groups excluding carboxylic acids is 1. The van der Waals surface area contributed by atoms with Crippen LogP contribution in [0.5, 0.6) is 0 Å². The molecular formula is C15H20O8. The Balaban J connectivity index is 1.97. The van der Waals surface area contributed by atoms with E-state index in [1.54, 1.807) is 0 Å². The van der Waals surface area contributed by atoms with Gasteiger partial charge in [-0.3, -0.25) is 4.79 Å². The molecule has 0 bridgehead atoms. The Morgan fingerprint density at radius 3 is 2.43 bits per heavy atom. The van der Waals surface area contributed by atoms with Crippen LogP contribution in [0.1, 0.15) is 12.0 Å². The van der Waals surface area contributed by atoms with Gasteiger partial charge in [-0.1, -0.05) is 30.3 Å². The Kier molecular flexibility index (Phi) is 5.69. The molecule has 1 fully saturated rings. The Labute approximate surface area is 132 Å². The van der Waals surface area contributed by atoms with E-state index in [-0.39, 0.29) is 6.42 Å². The smallest absolute Gasteiger partial charge is 0.357 e. The minimum absolute atomic E-state index is 0.0924. The van der Waals surface area contributed by atoms with Crippen LogP contribution in [0.3, 0.4) is 0 Å². The maximum absolute atomic E-state index is 11.8. The van der Waals surface area contributed by atoms with E-state index >= 15 is 0 Å². The van der Waals surface area contributed by atoms with Gasteiger partial charge < -0.3 is 35.0 Å². The molecule has 1 unspecified atom stereocenters. The molecule has 0 amide bonds. The number of esters is 1. The fraction of sp³-hybridized carbons (Fsp3) is 0.533. The van der Waals surface area contributed by atoms with Crippen LogP contribution < -0.4 is 0 Å². The van der Waals surface area contributed by atoms with E-state index in [9.17, 15) is 25.2 Å². The second-order valence-corrected chi connectivity index (χ2v) is 5.36. The average Bonchev–Trinajstić information content (AvgIpc) is 2.55. The molecule has 0 aliphatic carbocycles. The van der Waals surface area contributed by atoms with Crippen molar-refractivity contribution >= 4 is 5.97 Å². The summed E-state index contributed by atoms with van der Waals surface area (Å²) < 4.78 is 9.57. The van der Waals surface area contributed by atoms with Crippen LogP contribution in [-0.4, -0.2) is 68.5 Å². The van der Waals surface area contributed by atoms with Crippen LogP contribution >= 0.6 is 0 Å². The lowest BCUT2D eigenvalue weighted by Crippen LogP contribution is -2.66. The van der Waals surface area contributed by atoms with Crippen LogP contribution in [0.4, 0.5) is 0 Å². The van der Waals surface area contributed by atoms with E-state index in [1.807, 2.05) is 30.3 Å². The van der Waals surface area contributed by atoms with Crippen LogP contribution in [0, 0.1) is 0 Å². The molecule has 0 saturated carbocycles. The predicted octanol–water partition coefficient (Wildman–Crippen LogP) is -1.72.